The molecule has 3 aromatic rings. The number of halogens is 1. The van der Waals surface area contributed by atoms with Gasteiger partial charge in [0, 0.05) is 22.4 Å². The van der Waals surface area contributed by atoms with Crippen LogP contribution in [0, 0.1) is 5.82 Å². The van der Waals surface area contributed by atoms with E-state index in [9.17, 15) is 23.9 Å². The average Bonchev–Trinajstić information content (AvgIpc) is 3.57. The van der Waals surface area contributed by atoms with Crippen molar-refractivity contribution >= 4 is 29.2 Å². The Labute approximate surface area is 205 Å². The number of thiophene rings is 1. The van der Waals surface area contributed by atoms with Gasteiger partial charge in [-0.25, -0.2) is 14.0 Å². The number of pyridine rings is 1. The van der Waals surface area contributed by atoms with Gasteiger partial charge < -0.3 is 14.7 Å². The van der Waals surface area contributed by atoms with Gasteiger partial charge in [0.25, 0.3) is 5.91 Å². The minimum atomic E-state index is -1.08. The number of aromatic carboxylic acids is 1. The van der Waals surface area contributed by atoms with Crippen molar-refractivity contribution in [3.63, 3.8) is 0 Å². The fourth-order valence-electron chi connectivity index (χ4n) is 4.89. The van der Waals surface area contributed by atoms with E-state index in [1.54, 1.807) is 24.0 Å². The highest BCUT2D eigenvalue weighted by Gasteiger charge is 2.45. The normalized spacial score (nSPS) is 16.3. The molecule has 0 radical (unpaired) electrons. The number of carboxylic acid groups (broad SMARTS) is 1. The molecule has 180 valence electrons. The highest BCUT2D eigenvalue weighted by molar-refractivity contribution is 7.14. The number of esters is 1. The molecule has 1 fully saturated rings. The fourth-order valence-corrected chi connectivity index (χ4v) is 5.83. The lowest BCUT2D eigenvalue weighted by Gasteiger charge is -2.17. The third-order valence-corrected chi connectivity index (χ3v) is 7.43. The summed E-state index contributed by atoms with van der Waals surface area (Å²) in [5, 5.41) is 11.0. The Morgan fingerprint density at radius 1 is 1.23 bits per heavy atom. The Kier molecular flexibility index (Phi) is 6.10. The molecule has 1 atom stereocenters. The van der Waals surface area contributed by atoms with E-state index in [0.29, 0.717) is 46.8 Å². The number of nitrogens with zero attached hydrogens (tertiary/aromatic N) is 2. The van der Waals surface area contributed by atoms with Crippen LogP contribution in [-0.2, 0) is 17.6 Å². The Morgan fingerprint density at radius 2 is 2.00 bits per heavy atom. The molecule has 1 saturated heterocycles. The molecule has 0 bridgehead atoms. The van der Waals surface area contributed by atoms with E-state index in [4.69, 9.17) is 9.72 Å². The zero-order valence-electron chi connectivity index (χ0n) is 19.0. The third kappa shape index (κ3) is 4.10. The first-order valence-electron chi connectivity index (χ1n) is 11.5. The highest BCUT2D eigenvalue weighted by Crippen LogP contribution is 2.46. The Bertz CT molecular complexity index is 1330. The number of aromatic nitrogens is 1. The Hall–Kier alpha value is -3.59. The van der Waals surface area contributed by atoms with Gasteiger partial charge in [0.15, 0.2) is 0 Å². The molecule has 4 heterocycles. The van der Waals surface area contributed by atoms with E-state index in [1.807, 2.05) is 0 Å². The molecule has 7 nitrogen and oxygen atoms in total. The summed E-state index contributed by atoms with van der Waals surface area (Å²) in [7, 11) is 0. The van der Waals surface area contributed by atoms with Crippen molar-refractivity contribution in [3.8, 4) is 10.4 Å². The zero-order chi connectivity index (χ0) is 24.7. The van der Waals surface area contributed by atoms with Crippen LogP contribution >= 0.6 is 11.3 Å². The molecule has 9 heteroatoms. The van der Waals surface area contributed by atoms with E-state index < -0.39 is 11.9 Å². The predicted molar refractivity (Wildman–Crippen MR) is 127 cm³/mol. The molecule has 2 aromatic heterocycles. The van der Waals surface area contributed by atoms with Gasteiger partial charge in [0.05, 0.1) is 40.7 Å². The summed E-state index contributed by atoms with van der Waals surface area (Å²) in [6, 6.07) is 7.49. The first kappa shape index (κ1) is 23.2. The van der Waals surface area contributed by atoms with Crippen LogP contribution in [0.1, 0.15) is 73.8 Å². The predicted octanol–water partition coefficient (Wildman–Crippen LogP) is 4.90. The number of aryl methyl sites for hydroxylation is 2. The second-order valence-corrected chi connectivity index (χ2v) is 9.49. The minimum Gasteiger partial charge on any atom is -0.478 e. The first-order chi connectivity index (χ1) is 16.9. The fraction of sp³-hybridized carbons (Fsp3) is 0.308. The highest BCUT2D eigenvalue weighted by atomic mass is 32.1. The molecule has 0 saturated carbocycles. The molecule has 0 unspecified atom stereocenters. The first-order valence-corrected chi connectivity index (χ1v) is 12.4. The summed E-state index contributed by atoms with van der Waals surface area (Å²) in [4.78, 5) is 45.5. The summed E-state index contributed by atoms with van der Waals surface area (Å²) >= 11 is 1.17. The van der Waals surface area contributed by atoms with Crippen molar-refractivity contribution in [2.45, 2.75) is 38.6 Å². The average molecular weight is 495 g/mol. The number of rotatable bonds is 7. The van der Waals surface area contributed by atoms with Gasteiger partial charge in [-0.05, 0) is 56.4 Å². The van der Waals surface area contributed by atoms with Gasteiger partial charge in [0.2, 0.25) is 0 Å². The number of carbonyl (C=O) groups is 3. The van der Waals surface area contributed by atoms with E-state index in [1.165, 1.54) is 34.9 Å². The van der Waals surface area contributed by atoms with Crippen LogP contribution in [0.2, 0.25) is 0 Å². The van der Waals surface area contributed by atoms with E-state index in [0.717, 1.165) is 18.4 Å². The monoisotopic (exact) mass is 494 g/mol. The SMILES string of the molecule is CCOC(=O)c1c(CCc2ccc(F)cc2)nc2c(c1-c1cc(C(=O)O)cs1)C(=O)N1CCC[C@@H]21. The van der Waals surface area contributed by atoms with Crippen LogP contribution in [0.25, 0.3) is 10.4 Å². The number of hydrogen-bond donors (Lipinski definition) is 1. The lowest BCUT2D eigenvalue weighted by molar-refractivity contribution is 0.0524. The summed E-state index contributed by atoms with van der Waals surface area (Å²) in [6.45, 7) is 2.45. The van der Waals surface area contributed by atoms with Crippen LogP contribution < -0.4 is 0 Å². The number of ether oxygens (including phenoxy) is 1. The quantitative estimate of drug-likeness (QED) is 0.470. The second kappa shape index (κ2) is 9.22. The van der Waals surface area contributed by atoms with Crippen LogP contribution in [0.3, 0.4) is 0 Å². The van der Waals surface area contributed by atoms with Crippen LogP contribution in [0.4, 0.5) is 4.39 Å². The van der Waals surface area contributed by atoms with E-state index in [-0.39, 0.29) is 35.5 Å². The van der Waals surface area contributed by atoms with Crippen LogP contribution in [0.15, 0.2) is 35.7 Å². The lowest BCUT2D eigenvalue weighted by Crippen LogP contribution is -2.23. The van der Waals surface area contributed by atoms with Gasteiger partial charge in [-0.15, -0.1) is 11.3 Å². The van der Waals surface area contributed by atoms with E-state index >= 15 is 0 Å². The Morgan fingerprint density at radius 3 is 2.69 bits per heavy atom. The van der Waals surface area contributed by atoms with Gasteiger partial charge in [-0.2, -0.15) is 0 Å². The zero-order valence-corrected chi connectivity index (χ0v) is 19.9. The number of hydrogen-bond acceptors (Lipinski definition) is 6. The van der Waals surface area contributed by atoms with Crippen molar-refractivity contribution in [3.05, 3.63) is 75.2 Å². The molecule has 2 aliphatic rings. The van der Waals surface area contributed by atoms with E-state index in [2.05, 4.69) is 0 Å². The summed E-state index contributed by atoms with van der Waals surface area (Å²) in [5.41, 5.74) is 3.06. The lowest BCUT2D eigenvalue weighted by atomic mass is 9.93. The Balaban J connectivity index is 1.70. The third-order valence-electron chi connectivity index (χ3n) is 6.48. The second-order valence-electron chi connectivity index (χ2n) is 8.58. The van der Waals surface area contributed by atoms with Gasteiger partial charge in [0.1, 0.15) is 5.82 Å². The molecule has 0 aliphatic carbocycles. The van der Waals surface area contributed by atoms with Crippen molar-refractivity contribution < 1.29 is 28.6 Å². The van der Waals surface area contributed by atoms with Crippen molar-refractivity contribution in [2.75, 3.05) is 13.2 Å². The van der Waals surface area contributed by atoms with Gasteiger partial charge >= 0.3 is 11.9 Å². The maximum atomic E-state index is 13.5. The smallest absolute Gasteiger partial charge is 0.340 e. The molecule has 1 amide bonds. The number of amides is 1. The summed E-state index contributed by atoms with van der Waals surface area (Å²) in [6.07, 6.45) is 2.54. The van der Waals surface area contributed by atoms with Crippen LogP contribution in [-0.4, -0.2) is 46.0 Å². The van der Waals surface area contributed by atoms with Crippen molar-refractivity contribution in [1.82, 2.24) is 9.88 Å². The standard InChI is InChI=1S/C26H23FN2O5S/c1-2-34-26(33)20-17(10-7-14-5-8-16(27)9-6-14)28-23-18-4-3-11-29(18)24(30)22(23)21(20)19-12-15(13-35-19)25(31)32/h5-6,8-9,12-13,18H,2-4,7,10-11H2,1H3,(H,31,32)/t18-/m0/s1. The van der Waals surface area contributed by atoms with Gasteiger partial charge in [-0.3, -0.25) is 9.78 Å². The number of benzene rings is 1. The largest absolute Gasteiger partial charge is 0.478 e. The number of carboxylic acids is 1. The molecular weight excluding hydrogens is 471 g/mol. The molecule has 35 heavy (non-hydrogen) atoms. The van der Waals surface area contributed by atoms with Crippen molar-refractivity contribution in [1.29, 1.82) is 0 Å². The summed E-state index contributed by atoms with van der Waals surface area (Å²) < 4.78 is 18.7. The maximum absolute atomic E-state index is 13.5. The molecule has 1 aromatic carbocycles. The maximum Gasteiger partial charge on any atom is 0.340 e. The van der Waals surface area contributed by atoms with Crippen LogP contribution in [0.5, 0.6) is 0 Å². The number of fused-ring (bicyclic) bond motifs is 3. The van der Waals surface area contributed by atoms with Crippen molar-refractivity contribution in [2.24, 2.45) is 0 Å². The molecule has 5 rings (SSSR count). The number of carbonyl (C=O) groups excluding carboxylic acids is 2. The molecule has 0 spiro atoms. The topological polar surface area (TPSA) is 96.8 Å². The summed E-state index contributed by atoms with van der Waals surface area (Å²) in [5.74, 6) is -2.20. The molecular formula is C26H23FN2O5S. The van der Waals surface area contributed by atoms with Gasteiger partial charge in [-0.1, -0.05) is 12.1 Å². The molecule has 1 N–H and O–H groups in total. The minimum absolute atomic E-state index is 0.0872. The molecule has 2 aliphatic heterocycles.